The van der Waals surface area contributed by atoms with Crippen LogP contribution in [0.3, 0.4) is 0 Å². The van der Waals surface area contributed by atoms with E-state index in [-0.39, 0.29) is 6.42 Å². The average Bonchev–Trinajstić information content (AvgIpc) is 3.17. The highest BCUT2D eigenvalue weighted by Gasteiger charge is 2.44. The number of aromatic nitrogens is 1. The molecule has 3 rings (SSSR count). The first kappa shape index (κ1) is 24.5. The maximum atomic E-state index is 11.8. The molecule has 0 bridgehead atoms. The molecule has 1 aromatic rings. The number of aliphatic hydroxyl groups excluding tert-OH is 1. The van der Waals surface area contributed by atoms with Crippen LogP contribution in [0.2, 0.25) is 0 Å². The standard InChI is InChI=1S/C11H17N2O12P3S2/c14-7-3-9(13-2-1-6-10(11(13)29)30-5-12-6)23-8(7)4-22-27(18,19)25-28(20,21)24-26(15,16)17/h1-2,5,7-9,11,14,29H,3-4H2,(H,18,19)(H,20,21)(H2,15,16,17)/t7?,8-,9-,11?/m1/s1. The highest BCUT2D eigenvalue weighted by molar-refractivity contribution is 7.80. The molecule has 2 aliphatic rings. The van der Waals surface area contributed by atoms with Crippen LogP contribution in [0.15, 0.2) is 11.7 Å². The number of fused-ring (bicyclic) bond motifs is 1. The van der Waals surface area contributed by atoms with Gasteiger partial charge in [-0.3, -0.25) is 4.52 Å². The SMILES string of the molecule is O=P(O)(O)OP(=O)(O)OP(=O)(O)OC[C@H]1O[C@@H](N2C=Cc3ncsc3C2S)CC1O. The lowest BCUT2D eigenvalue weighted by Gasteiger charge is -2.34. The Balaban J connectivity index is 1.57. The van der Waals surface area contributed by atoms with Crippen molar-refractivity contribution in [1.29, 1.82) is 0 Å². The minimum absolute atomic E-state index is 0.0972. The minimum atomic E-state index is -5.62. The van der Waals surface area contributed by atoms with Gasteiger partial charge in [-0.15, -0.1) is 24.0 Å². The highest BCUT2D eigenvalue weighted by Crippen LogP contribution is 2.66. The fraction of sp³-hybridized carbons (Fsp3) is 0.545. The summed E-state index contributed by atoms with van der Waals surface area (Å²) in [6, 6.07) is 0. The Hall–Kier alpha value is -0.150. The molecule has 4 unspecified atom stereocenters. The number of hydrogen-bond acceptors (Lipinski definition) is 12. The summed E-state index contributed by atoms with van der Waals surface area (Å²) in [5.41, 5.74) is 2.43. The fourth-order valence-electron chi connectivity index (χ4n) is 2.73. The van der Waals surface area contributed by atoms with E-state index in [0.29, 0.717) is 0 Å². The van der Waals surface area contributed by atoms with E-state index in [1.165, 1.54) is 11.3 Å². The van der Waals surface area contributed by atoms with Crippen LogP contribution in [0.5, 0.6) is 0 Å². The van der Waals surface area contributed by atoms with Gasteiger partial charge in [0.25, 0.3) is 0 Å². The van der Waals surface area contributed by atoms with Crippen LogP contribution in [0.25, 0.3) is 6.08 Å². The van der Waals surface area contributed by atoms with Gasteiger partial charge in [0, 0.05) is 12.6 Å². The molecule has 0 aliphatic carbocycles. The molecule has 1 fully saturated rings. The molecular weight excluding hydrogens is 509 g/mol. The number of phosphoric acid groups is 3. The summed E-state index contributed by atoms with van der Waals surface area (Å²) in [7, 11) is -16.4. The van der Waals surface area contributed by atoms with Crippen molar-refractivity contribution in [2.45, 2.75) is 30.2 Å². The second-order valence-corrected chi connectivity index (χ2v) is 11.9. The van der Waals surface area contributed by atoms with Crippen molar-refractivity contribution in [1.82, 2.24) is 9.88 Å². The van der Waals surface area contributed by atoms with Crippen LogP contribution in [0.4, 0.5) is 0 Å². The summed E-state index contributed by atoms with van der Waals surface area (Å²) >= 11 is 5.92. The van der Waals surface area contributed by atoms with E-state index in [9.17, 15) is 23.7 Å². The predicted octanol–water partition coefficient (Wildman–Crippen LogP) is 1.18. The van der Waals surface area contributed by atoms with Crippen LogP contribution >= 0.6 is 47.4 Å². The Morgan fingerprint density at radius 3 is 2.60 bits per heavy atom. The lowest BCUT2D eigenvalue weighted by Crippen LogP contribution is -2.34. The second-order valence-electron chi connectivity index (χ2n) is 6.06. The first-order valence-corrected chi connectivity index (χ1v) is 13.9. The Morgan fingerprint density at radius 2 is 1.93 bits per heavy atom. The average molecular weight is 526 g/mol. The lowest BCUT2D eigenvalue weighted by atomic mass is 10.1. The van der Waals surface area contributed by atoms with Crippen LogP contribution < -0.4 is 0 Å². The zero-order valence-corrected chi connectivity index (χ0v) is 19.0. The number of nitrogens with zero attached hydrogens (tertiary/aromatic N) is 2. The number of ether oxygens (including phenoxy) is 1. The molecule has 5 N–H and O–H groups in total. The first-order valence-electron chi connectivity index (χ1n) is 7.95. The molecule has 0 amide bonds. The van der Waals surface area contributed by atoms with Gasteiger partial charge in [0.05, 0.1) is 28.8 Å². The van der Waals surface area contributed by atoms with Gasteiger partial charge < -0.3 is 34.3 Å². The molecule has 14 nitrogen and oxygen atoms in total. The van der Waals surface area contributed by atoms with E-state index in [4.69, 9.17) is 19.4 Å². The smallest absolute Gasteiger partial charge is 0.390 e. The molecule has 30 heavy (non-hydrogen) atoms. The number of rotatable bonds is 8. The fourth-order valence-corrected chi connectivity index (χ4v) is 7.06. The third kappa shape index (κ3) is 6.21. The van der Waals surface area contributed by atoms with Crippen LogP contribution in [0.1, 0.15) is 22.4 Å². The summed E-state index contributed by atoms with van der Waals surface area (Å²) in [4.78, 5) is 42.4. The van der Waals surface area contributed by atoms with Crippen molar-refractivity contribution < 1.29 is 56.3 Å². The maximum Gasteiger partial charge on any atom is 0.490 e. The largest absolute Gasteiger partial charge is 0.490 e. The molecule has 0 spiro atoms. The van der Waals surface area contributed by atoms with Crippen LogP contribution in [-0.4, -0.2) is 59.6 Å². The van der Waals surface area contributed by atoms with Crippen LogP contribution in [0, 0.1) is 0 Å². The molecule has 0 radical (unpaired) electrons. The highest BCUT2D eigenvalue weighted by atomic mass is 32.1. The van der Waals surface area contributed by atoms with Gasteiger partial charge in [-0.25, -0.2) is 18.7 Å². The van der Waals surface area contributed by atoms with E-state index >= 15 is 0 Å². The van der Waals surface area contributed by atoms with Gasteiger partial charge in [-0.2, -0.15) is 8.62 Å². The Bertz CT molecular complexity index is 952. The number of hydrogen-bond donors (Lipinski definition) is 6. The third-order valence-corrected chi connectivity index (χ3v) is 9.30. The van der Waals surface area contributed by atoms with Gasteiger partial charge in [0.2, 0.25) is 0 Å². The normalized spacial score (nSPS) is 30.7. The van der Waals surface area contributed by atoms with E-state index in [1.807, 2.05) is 0 Å². The monoisotopic (exact) mass is 526 g/mol. The molecule has 2 aliphatic heterocycles. The molecule has 19 heteroatoms. The molecule has 6 atom stereocenters. The molecule has 170 valence electrons. The van der Waals surface area contributed by atoms with Crippen molar-refractivity contribution in [2.75, 3.05) is 6.61 Å². The molecule has 1 aromatic heterocycles. The Morgan fingerprint density at radius 1 is 1.23 bits per heavy atom. The van der Waals surface area contributed by atoms with E-state index < -0.39 is 53.9 Å². The molecule has 0 saturated carbocycles. The summed E-state index contributed by atoms with van der Waals surface area (Å²) in [6.45, 7) is -0.734. The van der Waals surface area contributed by atoms with Crippen molar-refractivity contribution in [3.8, 4) is 0 Å². The van der Waals surface area contributed by atoms with E-state index in [1.54, 1.807) is 22.7 Å². The molecular formula is C11H17N2O12P3S2. The minimum Gasteiger partial charge on any atom is -0.390 e. The quantitative estimate of drug-likeness (QED) is 0.208. The maximum absolute atomic E-state index is 11.8. The Kier molecular flexibility index (Phi) is 7.35. The summed E-state index contributed by atoms with van der Waals surface area (Å²) in [5.74, 6) is 0. The number of thiol groups is 1. The summed E-state index contributed by atoms with van der Waals surface area (Å²) in [6.07, 6.45) is 0.620. The molecule has 1 saturated heterocycles. The van der Waals surface area contributed by atoms with E-state index in [0.717, 1.165) is 10.6 Å². The van der Waals surface area contributed by atoms with Crippen LogP contribution in [-0.2, 0) is 31.6 Å². The lowest BCUT2D eigenvalue weighted by molar-refractivity contribution is -0.0659. The second kappa shape index (κ2) is 9.00. The van der Waals surface area contributed by atoms with Gasteiger partial charge in [-0.05, 0) is 6.08 Å². The third-order valence-electron chi connectivity index (χ3n) is 3.90. The van der Waals surface area contributed by atoms with Crippen molar-refractivity contribution in [3.63, 3.8) is 0 Å². The zero-order valence-electron chi connectivity index (χ0n) is 14.6. The number of phosphoric ester groups is 1. The van der Waals surface area contributed by atoms with Crippen molar-refractivity contribution in [3.05, 3.63) is 22.3 Å². The van der Waals surface area contributed by atoms with Gasteiger partial charge in [-0.1, -0.05) is 0 Å². The van der Waals surface area contributed by atoms with Gasteiger partial charge in [0.15, 0.2) is 0 Å². The topological polar surface area (TPSA) is 205 Å². The summed E-state index contributed by atoms with van der Waals surface area (Å²) < 4.78 is 51.1. The molecule has 3 heterocycles. The predicted molar refractivity (Wildman–Crippen MR) is 104 cm³/mol. The van der Waals surface area contributed by atoms with Gasteiger partial charge in [0.1, 0.15) is 17.7 Å². The first-order chi connectivity index (χ1) is 13.8. The Labute approximate surface area is 178 Å². The summed E-state index contributed by atoms with van der Waals surface area (Å²) in [5, 5.41) is 9.78. The zero-order chi connectivity index (χ0) is 22.3. The van der Waals surface area contributed by atoms with E-state index in [2.05, 4.69) is 30.8 Å². The van der Waals surface area contributed by atoms with Crippen molar-refractivity contribution in [2.24, 2.45) is 0 Å². The van der Waals surface area contributed by atoms with Crippen molar-refractivity contribution >= 4 is 53.5 Å². The van der Waals surface area contributed by atoms with Gasteiger partial charge >= 0.3 is 23.5 Å². The molecule has 0 aromatic carbocycles. The number of thiazole rings is 1. The number of aliphatic hydroxyl groups is 1.